The molecule has 2 aromatic rings. The van der Waals surface area contributed by atoms with Crippen molar-refractivity contribution in [3.8, 4) is 5.75 Å². The molecule has 0 spiro atoms. The zero-order valence-corrected chi connectivity index (χ0v) is 35.1. The van der Waals surface area contributed by atoms with Crippen molar-refractivity contribution in [2.75, 3.05) is 12.3 Å². The summed E-state index contributed by atoms with van der Waals surface area (Å²) in [6, 6.07) is -2.18. The van der Waals surface area contributed by atoms with Gasteiger partial charge in [-0.05, 0) is 49.5 Å². The Balaban J connectivity index is 0.0000108. The van der Waals surface area contributed by atoms with Crippen molar-refractivity contribution in [2.45, 2.75) is 83.2 Å². The number of Topliss-reactive ketones (excluding diaryl/α,β-unsaturated/α-hetero) is 1. The van der Waals surface area contributed by atoms with E-state index in [1.54, 1.807) is 32.9 Å². The van der Waals surface area contributed by atoms with Crippen molar-refractivity contribution in [3.05, 3.63) is 52.0 Å². The summed E-state index contributed by atoms with van der Waals surface area (Å²) in [5.41, 5.74) is 6.48. The van der Waals surface area contributed by atoms with Crippen LogP contribution in [0, 0.1) is 5.92 Å². The van der Waals surface area contributed by atoms with Crippen molar-refractivity contribution < 1.29 is 81.2 Å². The van der Waals surface area contributed by atoms with Crippen LogP contribution in [0.4, 0.5) is 0 Å². The molecular formula is C34H45N8NaO11S2. The zero-order chi connectivity index (χ0) is 41.0. The third-order valence-electron chi connectivity index (χ3n) is 8.51. The number of fused-ring (bicyclic) bond motifs is 2. The van der Waals surface area contributed by atoms with E-state index in [4.69, 9.17) is 5.73 Å². The van der Waals surface area contributed by atoms with Gasteiger partial charge in [0.05, 0.1) is 39.7 Å². The third-order valence-corrected chi connectivity index (χ3v) is 10.2. The number of carbonyl (C=O) groups is 7. The van der Waals surface area contributed by atoms with Crippen LogP contribution in [-0.2, 0) is 50.1 Å². The first-order valence-electron chi connectivity index (χ1n) is 17.3. The van der Waals surface area contributed by atoms with E-state index in [0.717, 1.165) is 17.4 Å². The molecule has 1 aliphatic heterocycles. The first-order valence-corrected chi connectivity index (χ1v) is 19.7. The summed E-state index contributed by atoms with van der Waals surface area (Å²) in [4.78, 5) is 97.4. The normalized spacial score (nSPS) is 23.6. The van der Waals surface area contributed by atoms with Crippen LogP contribution in [0.5, 0.6) is 5.75 Å². The van der Waals surface area contributed by atoms with Crippen LogP contribution < -0.4 is 67.2 Å². The molecule has 0 fully saturated rings. The summed E-state index contributed by atoms with van der Waals surface area (Å²) < 4.78 is 35.0. The van der Waals surface area contributed by atoms with E-state index in [2.05, 4.69) is 36.9 Å². The second-order valence-corrected chi connectivity index (χ2v) is 15.3. The number of phenols is 1. The molecular weight excluding hydrogens is 784 g/mol. The predicted octanol–water partition coefficient (Wildman–Crippen LogP) is -4.75. The Labute approximate surface area is 349 Å². The maximum atomic E-state index is 13.7. The Hall–Kier alpha value is -4.25. The molecule has 56 heavy (non-hydrogen) atoms. The number of carbonyl (C=O) groups excluding carboxylic acids is 7. The van der Waals surface area contributed by atoms with Crippen molar-refractivity contribution in [2.24, 2.45) is 11.7 Å². The Morgan fingerprint density at radius 3 is 2.21 bits per heavy atom. The Morgan fingerprint density at radius 2 is 1.62 bits per heavy atom. The molecule has 0 saturated carbocycles. The van der Waals surface area contributed by atoms with Gasteiger partial charge in [0, 0.05) is 18.0 Å². The van der Waals surface area contributed by atoms with Crippen LogP contribution in [0.3, 0.4) is 0 Å². The van der Waals surface area contributed by atoms with Gasteiger partial charge in [-0.1, -0.05) is 39.3 Å². The van der Waals surface area contributed by atoms with E-state index < -0.39 is 106 Å². The largest absolute Gasteiger partial charge is 1.00 e. The molecule has 1 aromatic carbocycles. The van der Waals surface area contributed by atoms with Gasteiger partial charge in [0.2, 0.25) is 35.3 Å². The van der Waals surface area contributed by atoms with E-state index in [9.17, 15) is 51.6 Å². The summed E-state index contributed by atoms with van der Waals surface area (Å²) in [5.74, 6) is -8.83. The molecule has 19 nitrogen and oxygen atoms in total. The summed E-state index contributed by atoms with van der Waals surface area (Å²) in [6.45, 7) is 5.55. The molecule has 0 unspecified atom stereocenters. The van der Waals surface area contributed by atoms with Gasteiger partial charge in [0.15, 0.2) is 0 Å². The fourth-order valence-corrected chi connectivity index (χ4v) is 6.64. The molecule has 0 radical (unpaired) electrons. The molecule has 0 aliphatic carbocycles. The zero-order valence-electron chi connectivity index (χ0n) is 31.5. The van der Waals surface area contributed by atoms with Crippen molar-refractivity contribution >= 4 is 68.8 Å². The quantitative estimate of drug-likeness (QED) is 0.0670. The molecule has 1 aromatic heterocycles. The van der Waals surface area contributed by atoms with Crippen molar-refractivity contribution in [1.29, 1.82) is 0 Å². The van der Waals surface area contributed by atoms with Gasteiger partial charge in [0.25, 0.3) is 5.91 Å². The van der Waals surface area contributed by atoms with Crippen LogP contribution in [0.25, 0.3) is 6.08 Å². The molecule has 3 rings (SSSR count). The summed E-state index contributed by atoms with van der Waals surface area (Å²) in [5, 5.41) is 26.0. The second-order valence-electron chi connectivity index (χ2n) is 12.9. The number of hydrogen-bond acceptors (Lipinski definition) is 14. The summed E-state index contributed by atoms with van der Waals surface area (Å²) in [6.07, 6.45) is 2.56. The molecule has 1 aliphatic rings. The van der Waals surface area contributed by atoms with Gasteiger partial charge in [-0.2, -0.15) is 0 Å². The SMILES string of the molecule is CC[C@@H]1NC(=O)[C@@H](NC(=O)[C@H](C)N)CNC(=O)[C@H](CS(=O)(=O)[O-])NC(=O)/C=C/c2csc(n2)[C@H](Cc2ccc(O)cc2)NC(=O)C(=O)[C@H]([C@@H](C)CC)NC1=O.[Na+]. The number of nitrogens with two attached hydrogens (primary N) is 1. The Morgan fingerprint density at radius 1 is 0.964 bits per heavy atom. The minimum Gasteiger partial charge on any atom is -0.748 e. The first kappa shape index (κ1) is 47.9. The molecule has 2 heterocycles. The van der Waals surface area contributed by atoms with E-state index >= 15 is 0 Å². The number of ketones is 1. The van der Waals surface area contributed by atoms with Gasteiger partial charge in [-0.25, -0.2) is 13.4 Å². The maximum Gasteiger partial charge on any atom is 1.00 e. The standard InChI is InChI=1S/C34H46N8O11S2.Na/c1-5-17(3)27-28(45)33(50)40-23(13-19-7-10-21(43)11-8-19)34-37-20(15-54-34)9-12-26(44)38-25(16-55(51,52)53)30(47)36-14-24(41-29(46)18(4)35)32(49)39-22(6-2)31(48)42-27;/h7-12,15,17-18,22-25,27,43H,5-6,13-14,16,35H2,1-4H3,(H,36,47)(H,38,44)(H,39,49)(H,40,50)(H,41,46)(H,42,48)(H,51,52,53);/q;+1/p-1/b12-9+;/t17-,18-,22-,23-,24-,25-,27-;/m0./s1. The van der Waals surface area contributed by atoms with E-state index in [1.807, 2.05) is 0 Å². The fourth-order valence-electron chi connectivity index (χ4n) is 5.16. The maximum absolute atomic E-state index is 13.7. The van der Waals surface area contributed by atoms with Crippen LogP contribution >= 0.6 is 11.3 Å². The van der Waals surface area contributed by atoms with Gasteiger partial charge in [-0.15, -0.1) is 11.3 Å². The Kier molecular flexibility index (Phi) is 18.7. The van der Waals surface area contributed by atoms with Gasteiger partial charge >= 0.3 is 29.6 Å². The monoisotopic (exact) mass is 828 g/mol. The van der Waals surface area contributed by atoms with E-state index in [1.165, 1.54) is 30.5 Å². The van der Waals surface area contributed by atoms with Crippen LogP contribution in [0.2, 0.25) is 0 Å². The third kappa shape index (κ3) is 14.7. The average molecular weight is 829 g/mol. The number of aromatic hydroxyl groups is 1. The number of thiazole rings is 1. The molecule has 2 bridgehead atoms. The number of phenolic OH excluding ortho intramolecular Hbond substituents is 1. The summed E-state index contributed by atoms with van der Waals surface area (Å²) >= 11 is 1.07. The topological polar surface area (TPSA) is 308 Å². The number of rotatable bonds is 9. The Bertz CT molecular complexity index is 1890. The molecule has 300 valence electrons. The average Bonchev–Trinajstić information content (AvgIpc) is 3.61. The molecule has 22 heteroatoms. The smallest absolute Gasteiger partial charge is 0.748 e. The minimum atomic E-state index is -5.10. The predicted molar refractivity (Wildman–Crippen MR) is 198 cm³/mol. The fraction of sp³-hybridized carbons (Fsp3) is 0.471. The molecule has 9 N–H and O–H groups in total. The van der Waals surface area contributed by atoms with Crippen molar-refractivity contribution in [3.63, 3.8) is 0 Å². The first-order chi connectivity index (χ1) is 25.8. The van der Waals surface area contributed by atoms with Crippen LogP contribution in [-0.4, -0.2) is 107 Å². The number of amides is 6. The number of hydrogen-bond donors (Lipinski definition) is 8. The number of benzene rings is 1. The van der Waals surface area contributed by atoms with Crippen molar-refractivity contribution in [1.82, 2.24) is 36.9 Å². The second kappa shape index (κ2) is 21.9. The van der Waals surface area contributed by atoms with Crippen LogP contribution in [0.15, 0.2) is 35.7 Å². The molecule has 7 atom stereocenters. The summed E-state index contributed by atoms with van der Waals surface area (Å²) in [7, 11) is -5.10. The van der Waals surface area contributed by atoms with E-state index in [0.29, 0.717) is 17.0 Å². The van der Waals surface area contributed by atoms with Gasteiger partial charge < -0.3 is 47.3 Å². The van der Waals surface area contributed by atoms with Crippen LogP contribution in [0.1, 0.15) is 62.8 Å². The number of nitrogens with one attached hydrogen (secondary N) is 6. The molecule has 0 saturated heterocycles. The van der Waals surface area contributed by atoms with E-state index in [-0.39, 0.29) is 53.8 Å². The number of nitrogens with zero attached hydrogens (tertiary/aromatic N) is 1. The van der Waals surface area contributed by atoms with Gasteiger partial charge in [0.1, 0.15) is 28.9 Å². The number of aromatic nitrogens is 1. The minimum absolute atomic E-state index is 0. The molecule has 6 amide bonds. The van der Waals surface area contributed by atoms with Gasteiger partial charge in [-0.3, -0.25) is 33.6 Å².